The first-order valence-electron chi connectivity index (χ1n) is 5.61. The molecule has 1 atom stereocenters. The summed E-state index contributed by atoms with van der Waals surface area (Å²) in [4.78, 5) is 23.3. The van der Waals surface area contributed by atoms with E-state index in [-0.39, 0.29) is 0 Å². The number of hydrogen-bond donors (Lipinski definition) is 2. The molecule has 4 nitrogen and oxygen atoms in total. The van der Waals surface area contributed by atoms with Gasteiger partial charge in [0.2, 0.25) is 0 Å². The van der Waals surface area contributed by atoms with Crippen LogP contribution in [0.25, 0.3) is 0 Å². The standard InChI is InChI=1S/C13H15BrClNO3/c1-13(2,3)10(12(18)19)16-11(17)7-4-8(14)6-9(15)5-7/h4-6,10H,1-3H3,(H,16,17)(H,18,19). The van der Waals surface area contributed by atoms with Gasteiger partial charge in [0.15, 0.2) is 0 Å². The fourth-order valence-electron chi connectivity index (χ4n) is 1.55. The van der Waals surface area contributed by atoms with Crippen LogP contribution in [0.3, 0.4) is 0 Å². The van der Waals surface area contributed by atoms with E-state index in [2.05, 4.69) is 21.2 Å². The number of nitrogens with one attached hydrogen (secondary N) is 1. The first kappa shape index (κ1) is 16.0. The minimum atomic E-state index is -1.07. The molecule has 0 saturated carbocycles. The van der Waals surface area contributed by atoms with Crippen LogP contribution in [0.2, 0.25) is 5.02 Å². The van der Waals surface area contributed by atoms with Crippen LogP contribution in [0, 0.1) is 5.41 Å². The lowest BCUT2D eigenvalue weighted by Gasteiger charge is -2.27. The van der Waals surface area contributed by atoms with Gasteiger partial charge in [-0.2, -0.15) is 0 Å². The molecule has 0 saturated heterocycles. The minimum Gasteiger partial charge on any atom is -0.480 e. The second kappa shape index (κ2) is 5.92. The highest BCUT2D eigenvalue weighted by Crippen LogP contribution is 2.22. The molecule has 0 aromatic heterocycles. The summed E-state index contributed by atoms with van der Waals surface area (Å²) in [5.41, 5.74) is -0.271. The van der Waals surface area contributed by atoms with Gasteiger partial charge in [-0.05, 0) is 23.6 Å². The van der Waals surface area contributed by atoms with Gasteiger partial charge in [0.05, 0.1) is 0 Å². The molecule has 0 fully saturated rings. The van der Waals surface area contributed by atoms with Crippen molar-refractivity contribution in [2.45, 2.75) is 26.8 Å². The molecule has 6 heteroatoms. The van der Waals surface area contributed by atoms with Crippen LogP contribution in [-0.4, -0.2) is 23.0 Å². The average molecular weight is 349 g/mol. The number of carboxylic acids is 1. The van der Waals surface area contributed by atoms with E-state index in [0.29, 0.717) is 15.1 Å². The molecule has 0 radical (unpaired) electrons. The predicted molar refractivity (Wildman–Crippen MR) is 77.5 cm³/mol. The molecule has 19 heavy (non-hydrogen) atoms. The van der Waals surface area contributed by atoms with Gasteiger partial charge in [0.25, 0.3) is 5.91 Å². The monoisotopic (exact) mass is 347 g/mol. The fraction of sp³-hybridized carbons (Fsp3) is 0.385. The van der Waals surface area contributed by atoms with Gasteiger partial charge in [-0.1, -0.05) is 48.3 Å². The van der Waals surface area contributed by atoms with Gasteiger partial charge in [0, 0.05) is 15.1 Å². The molecule has 0 aliphatic rings. The Morgan fingerprint density at radius 1 is 1.32 bits per heavy atom. The van der Waals surface area contributed by atoms with E-state index in [1.807, 2.05) is 0 Å². The first-order valence-corrected chi connectivity index (χ1v) is 6.78. The molecule has 1 unspecified atom stereocenters. The smallest absolute Gasteiger partial charge is 0.326 e. The van der Waals surface area contributed by atoms with E-state index in [9.17, 15) is 9.59 Å². The highest BCUT2D eigenvalue weighted by Gasteiger charge is 2.32. The highest BCUT2D eigenvalue weighted by molar-refractivity contribution is 9.10. The molecular weight excluding hydrogens is 334 g/mol. The number of rotatable bonds is 3. The fourth-order valence-corrected chi connectivity index (χ4v) is 2.41. The molecule has 0 heterocycles. The molecule has 0 spiro atoms. The van der Waals surface area contributed by atoms with E-state index in [1.165, 1.54) is 6.07 Å². The molecular formula is C13H15BrClNO3. The average Bonchev–Trinajstić information content (AvgIpc) is 2.21. The molecule has 0 aliphatic heterocycles. The maximum Gasteiger partial charge on any atom is 0.326 e. The number of carbonyl (C=O) groups is 2. The Hall–Kier alpha value is -1.07. The normalized spacial score (nSPS) is 12.9. The van der Waals surface area contributed by atoms with Crippen molar-refractivity contribution in [3.8, 4) is 0 Å². The van der Waals surface area contributed by atoms with Crippen LogP contribution in [0.15, 0.2) is 22.7 Å². The summed E-state index contributed by atoms with van der Waals surface area (Å²) < 4.78 is 0.660. The van der Waals surface area contributed by atoms with Crippen molar-refractivity contribution in [3.05, 3.63) is 33.3 Å². The molecule has 1 aromatic rings. The summed E-state index contributed by atoms with van der Waals surface area (Å²) in [5.74, 6) is -1.53. The summed E-state index contributed by atoms with van der Waals surface area (Å²) in [6.07, 6.45) is 0. The number of carbonyl (C=O) groups excluding carboxylic acids is 1. The van der Waals surface area contributed by atoms with Gasteiger partial charge in [0.1, 0.15) is 6.04 Å². The summed E-state index contributed by atoms with van der Waals surface area (Å²) in [7, 11) is 0. The Kier molecular flexibility index (Phi) is 4.98. The maximum atomic E-state index is 12.1. The van der Waals surface area contributed by atoms with Crippen LogP contribution in [0.1, 0.15) is 31.1 Å². The predicted octanol–water partition coefficient (Wildman–Crippen LogP) is 3.33. The highest BCUT2D eigenvalue weighted by atomic mass is 79.9. The number of benzene rings is 1. The zero-order valence-corrected chi connectivity index (χ0v) is 13.2. The Balaban J connectivity index is 2.97. The molecule has 0 aliphatic carbocycles. The van der Waals surface area contributed by atoms with Gasteiger partial charge in [-0.3, -0.25) is 4.79 Å². The third kappa shape index (κ3) is 4.51. The lowest BCUT2D eigenvalue weighted by atomic mass is 9.86. The quantitative estimate of drug-likeness (QED) is 0.880. The lowest BCUT2D eigenvalue weighted by molar-refractivity contribution is -0.142. The van der Waals surface area contributed by atoms with Crippen LogP contribution in [0.4, 0.5) is 0 Å². The SMILES string of the molecule is CC(C)(C)C(NC(=O)c1cc(Cl)cc(Br)c1)C(=O)O. The van der Waals surface area contributed by atoms with Crippen molar-refractivity contribution in [1.29, 1.82) is 0 Å². The second-order valence-electron chi connectivity index (χ2n) is 5.27. The van der Waals surface area contributed by atoms with E-state index in [0.717, 1.165) is 0 Å². The van der Waals surface area contributed by atoms with Crippen molar-refractivity contribution < 1.29 is 14.7 Å². The molecule has 2 N–H and O–H groups in total. The van der Waals surface area contributed by atoms with Gasteiger partial charge < -0.3 is 10.4 Å². The Morgan fingerprint density at radius 2 is 1.89 bits per heavy atom. The zero-order valence-electron chi connectivity index (χ0n) is 10.8. The van der Waals surface area contributed by atoms with Crippen molar-refractivity contribution in [3.63, 3.8) is 0 Å². The number of carboxylic acid groups (broad SMARTS) is 1. The number of hydrogen-bond acceptors (Lipinski definition) is 2. The van der Waals surface area contributed by atoms with Crippen molar-refractivity contribution >= 4 is 39.4 Å². The molecule has 1 aromatic carbocycles. The number of aliphatic carboxylic acids is 1. The maximum absolute atomic E-state index is 12.1. The summed E-state index contributed by atoms with van der Waals surface area (Å²) in [6, 6.07) is 3.75. The van der Waals surface area contributed by atoms with Gasteiger partial charge in [-0.25, -0.2) is 4.79 Å². The third-order valence-electron chi connectivity index (χ3n) is 2.51. The number of amides is 1. The van der Waals surface area contributed by atoms with Crippen LogP contribution < -0.4 is 5.32 Å². The largest absolute Gasteiger partial charge is 0.480 e. The van der Waals surface area contributed by atoms with Crippen molar-refractivity contribution in [1.82, 2.24) is 5.32 Å². The first-order chi connectivity index (χ1) is 8.61. The Labute approximate surface area is 125 Å². The Bertz CT molecular complexity index is 491. The van der Waals surface area contributed by atoms with E-state index >= 15 is 0 Å². The topological polar surface area (TPSA) is 66.4 Å². The van der Waals surface area contributed by atoms with E-state index in [4.69, 9.17) is 16.7 Å². The van der Waals surface area contributed by atoms with E-state index in [1.54, 1.807) is 32.9 Å². The minimum absolute atomic E-state index is 0.315. The van der Waals surface area contributed by atoms with Gasteiger partial charge >= 0.3 is 5.97 Å². The summed E-state index contributed by atoms with van der Waals surface area (Å²) >= 11 is 9.09. The lowest BCUT2D eigenvalue weighted by Crippen LogP contribution is -2.49. The molecule has 104 valence electrons. The number of halogens is 2. The van der Waals surface area contributed by atoms with Crippen molar-refractivity contribution in [2.24, 2.45) is 5.41 Å². The summed E-state index contributed by atoms with van der Waals surface area (Å²) in [6.45, 7) is 5.25. The molecule has 1 amide bonds. The second-order valence-corrected chi connectivity index (χ2v) is 6.62. The van der Waals surface area contributed by atoms with Crippen molar-refractivity contribution in [2.75, 3.05) is 0 Å². The summed E-state index contributed by atoms with van der Waals surface area (Å²) in [5, 5.41) is 12.1. The van der Waals surface area contributed by atoms with Crippen LogP contribution in [0.5, 0.6) is 0 Å². The van der Waals surface area contributed by atoms with Crippen LogP contribution >= 0.6 is 27.5 Å². The van der Waals surface area contributed by atoms with Crippen LogP contribution in [-0.2, 0) is 4.79 Å². The third-order valence-corrected chi connectivity index (χ3v) is 3.19. The molecule has 0 bridgehead atoms. The Morgan fingerprint density at radius 3 is 2.32 bits per heavy atom. The van der Waals surface area contributed by atoms with E-state index < -0.39 is 23.3 Å². The zero-order chi connectivity index (χ0) is 14.8. The molecule has 1 rings (SSSR count). The van der Waals surface area contributed by atoms with Gasteiger partial charge in [-0.15, -0.1) is 0 Å².